The van der Waals surface area contributed by atoms with E-state index in [0.717, 1.165) is 0 Å². The van der Waals surface area contributed by atoms with Gasteiger partial charge in [0.15, 0.2) is 0 Å². The maximum Gasteiger partial charge on any atom is 0.339 e. The Morgan fingerprint density at radius 3 is 2.81 bits per heavy atom. The monoisotopic (exact) mass is 227 g/mol. The highest BCUT2D eigenvalue weighted by Crippen LogP contribution is 2.13. The highest BCUT2D eigenvalue weighted by Gasteiger charge is 2.17. The molecular weight excluding hydrogens is 210 g/mol. The van der Waals surface area contributed by atoms with Crippen LogP contribution in [-0.4, -0.2) is 29.3 Å². The molecule has 0 aliphatic heterocycles. The van der Waals surface area contributed by atoms with Crippen molar-refractivity contribution >= 4 is 5.97 Å². The van der Waals surface area contributed by atoms with E-state index in [2.05, 4.69) is 5.32 Å². The minimum atomic E-state index is -0.994. The van der Waals surface area contributed by atoms with Crippen LogP contribution in [0, 0.1) is 5.41 Å². The molecule has 0 amide bonds. The summed E-state index contributed by atoms with van der Waals surface area (Å²) in [5, 5.41) is 20.9. The first-order valence-corrected chi connectivity index (χ1v) is 5.07. The van der Waals surface area contributed by atoms with Crippen LogP contribution in [0.3, 0.4) is 0 Å². The van der Waals surface area contributed by atoms with E-state index in [1.807, 2.05) is 13.8 Å². The maximum absolute atomic E-state index is 10.8. The summed E-state index contributed by atoms with van der Waals surface area (Å²) in [6, 6.07) is 1.43. The van der Waals surface area contributed by atoms with E-state index >= 15 is 0 Å². The fourth-order valence-corrected chi connectivity index (χ4v) is 1.24. The molecule has 0 saturated carbocycles. The normalized spacial score (nSPS) is 11.7. The molecule has 1 rings (SSSR count). The van der Waals surface area contributed by atoms with Crippen molar-refractivity contribution in [2.45, 2.75) is 20.4 Å². The zero-order chi connectivity index (χ0) is 12.2. The number of carbonyl (C=O) groups is 1. The molecule has 3 N–H and O–H groups in total. The van der Waals surface area contributed by atoms with Gasteiger partial charge in [-0.3, -0.25) is 0 Å². The van der Waals surface area contributed by atoms with Crippen LogP contribution in [0.4, 0.5) is 0 Å². The lowest BCUT2D eigenvalue weighted by Crippen LogP contribution is -2.32. The first kappa shape index (κ1) is 12.7. The number of carboxylic acids is 1. The number of aliphatic hydroxyl groups is 1. The average molecular weight is 227 g/mol. The molecule has 0 aliphatic carbocycles. The number of aliphatic hydroxyl groups excluding tert-OH is 1. The second-order valence-electron chi connectivity index (χ2n) is 4.49. The van der Waals surface area contributed by atoms with Gasteiger partial charge in [0.1, 0.15) is 11.3 Å². The van der Waals surface area contributed by atoms with Crippen LogP contribution in [0.25, 0.3) is 0 Å². The summed E-state index contributed by atoms with van der Waals surface area (Å²) >= 11 is 0. The topological polar surface area (TPSA) is 82.7 Å². The molecule has 0 radical (unpaired) electrons. The Morgan fingerprint density at radius 2 is 2.25 bits per heavy atom. The minimum Gasteiger partial charge on any atom is -0.478 e. The molecule has 0 aliphatic rings. The van der Waals surface area contributed by atoms with Crippen molar-refractivity contribution in [1.82, 2.24) is 5.32 Å². The summed E-state index contributed by atoms with van der Waals surface area (Å²) in [6.07, 6.45) is 1.36. The van der Waals surface area contributed by atoms with Gasteiger partial charge in [0.25, 0.3) is 0 Å². The number of furan rings is 1. The van der Waals surface area contributed by atoms with E-state index in [-0.39, 0.29) is 17.6 Å². The predicted molar refractivity (Wildman–Crippen MR) is 58.2 cm³/mol. The molecule has 16 heavy (non-hydrogen) atoms. The van der Waals surface area contributed by atoms with Gasteiger partial charge in [-0.2, -0.15) is 0 Å². The molecule has 0 saturated heterocycles. The Kier molecular flexibility index (Phi) is 4.09. The predicted octanol–water partition coefficient (Wildman–Crippen LogP) is 1.09. The molecule has 5 heteroatoms. The third kappa shape index (κ3) is 3.36. The smallest absolute Gasteiger partial charge is 0.339 e. The van der Waals surface area contributed by atoms with Gasteiger partial charge in [0, 0.05) is 18.6 Å². The van der Waals surface area contributed by atoms with Gasteiger partial charge in [0.05, 0.1) is 12.8 Å². The van der Waals surface area contributed by atoms with Crippen molar-refractivity contribution in [1.29, 1.82) is 0 Å². The van der Waals surface area contributed by atoms with E-state index < -0.39 is 5.97 Å². The SMILES string of the molecule is CC(C)(CO)CNCc1occc1C(=O)O. The molecule has 0 spiro atoms. The fraction of sp³-hybridized carbons (Fsp3) is 0.545. The quantitative estimate of drug-likeness (QED) is 0.677. The van der Waals surface area contributed by atoms with Crippen LogP contribution < -0.4 is 5.32 Å². The summed E-state index contributed by atoms with van der Waals surface area (Å²) in [5.41, 5.74) is -0.0509. The van der Waals surface area contributed by atoms with Crippen molar-refractivity contribution in [3.05, 3.63) is 23.7 Å². The molecule has 0 fully saturated rings. The van der Waals surface area contributed by atoms with Crippen LogP contribution in [0.15, 0.2) is 16.7 Å². The molecule has 1 aromatic rings. The second kappa shape index (κ2) is 5.14. The first-order chi connectivity index (χ1) is 7.46. The fourth-order valence-electron chi connectivity index (χ4n) is 1.24. The number of hydrogen-bond acceptors (Lipinski definition) is 4. The lowest BCUT2D eigenvalue weighted by Gasteiger charge is -2.21. The molecule has 5 nitrogen and oxygen atoms in total. The Labute approximate surface area is 94.1 Å². The van der Waals surface area contributed by atoms with Gasteiger partial charge >= 0.3 is 5.97 Å². The van der Waals surface area contributed by atoms with Crippen LogP contribution in [-0.2, 0) is 6.54 Å². The molecule has 0 aromatic carbocycles. The van der Waals surface area contributed by atoms with Gasteiger partial charge in [-0.1, -0.05) is 13.8 Å². The zero-order valence-electron chi connectivity index (χ0n) is 9.49. The standard InChI is InChI=1S/C11H17NO4/c1-11(2,7-13)6-12-5-9-8(10(14)15)3-4-16-9/h3-4,12-13H,5-7H2,1-2H3,(H,14,15). The highest BCUT2D eigenvalue weighted by molar-refractivity contribution is 5.88. The van der Waals surface area contributed by atoms with Gasteiger partial charge in [0.2, 0.25) is 0 Å². The molecule has 1 heterocycles. The van der Waals surface area contributed by atoms with Gasteiger partial charge in [-0.05, 0) is 6.07 Å². The van der Waals surface area contributed by atoms with E-state index in [9.17, 15) is 4.79 Å². The maximum atomic E-state index is 10.8. The molecule has 1 aromatic heterocycles. The van der Waals surface area contributed by atoms with Gasteiger partial charge < -0.3 is 19.9 Å². The summed E-state index contributed by atoms with van der Waals surface area (Å²) in [4.78, 5) is 10.8. The van der Waals surface area contributed by atoms with E-state index in [1.54, 1.807) is 0 Å². The van der Waals surface area contributed by atoms with Crippen molar-refractivity contribution in [3.63, 3.8) is 0 Å². The third-order valence-electron chi connectivity index (χ3n) is 2.29. The molecular formula is C11H17NO4. The average Bonchev–Trinajstić information content (AvgIpc) is 2.66. The lowest BCUT2D eigenvalue weighted by atomic mass is 9.95. The third-order valence-corrected chi connectivity index (χ3v) is 2.29. The molecule has 90 valence electrons. The number of hydrogen-bond donors (Lipinski definition) is 3. The summed E-state index contributed by atoms with van der Waals surface area (Å²) < 4.78 is 5.07. The Bertz CT molecular complexity index is 357. The minimum absolute atomic E-state index is 0.0734. The highest BCUT2D eigenvalue weighted by atomic mass is 16.4. The van der Waals surface area contributed by atoms with Crippen LogP contribution in [0.1, 0.15) is 30.0 Å². The summed E-state index contributed by atoms with van der Waals surface area (Å²) in [7, 11) is 0. The van der Waals surface area contributed by atoms with Crippen molar-refractivity contribution in [2.75, 3.05) is 13.2 Å². The lowest BCUT2D eigenvalue weighted by molar-refractivity contribution is 0.0694. The van der Waals surface area contributed by atoms with Crippen LogP contribution in [0.2, 0.25) is 0 Å². The molecule has 0 unspecified atom stereocenters. The number of carboxylic acid groups (broad SMARTS) is 1. The zero-order valence-corrected chi connectivity index (χ0v) is 9.49. The molecule has 0 atom stereocenters. The Balaban J connectivity index is 2.49. The largest absolute Gasteiger partial charge is 0.478 e. The second-order valence-corrected chi connectivity index (χ2v) is 4.49. The molecule has 0 bridgehead atoms. The Hall–Kier alpha value is -1.33. The van der Waals surface area contributed by atoms with E-state index in [4.69, 9.17) is 14.6 Å². The van der Waals surface area contributed by atoms with Crippen LogP contribution in [0.5, 0.6) is 0 Å². The Morgan fingerprint density at radius 1 is 1.56 bits per heavy atom. The number of aromatic carboxylic acids is 1. The summed E-state index contributed by atoms with van der Waals surface area (Å²) in [6.45, 7) is 4.84. The van der Waals surface area contributed by atoms with Crippen molar-refractivity contribution in [3.8, 4) is 0 Å². The number of nitrogens with one attached hydrogen (secondary N) is 1. The van der Waals surface area contributed by atoms with E-state index in [1.165, 1.54) is 12.3 Å². The van der Waals surface area contributed by atoms with Crippen LogP contribution >= 0.6 is 0 Å². The van der Waals surface area contributed by atoms with E-state index in [0.29, 0.717) is 18.8 Å². The summed E-state index contributed by atoms with van der Waals surface area (Å²) in [5.74, 6) is -0.590. The number of rotatable bonds is 6. The van der Waals surface area contributed by atoms with Crippen molar-refractivity contribution < 1.29 is 19.4 Å². The first-order valence-electron chi connectivity index (χ1n) is 5.07. The van der Waals surface area contributed by atoms with Gasteiger partial charge in [-0.15, -0.1) is 0 Å². The van der Waals surface area contributed by atoms with Gasteiger partial charge in [-0.25, -0.2) is 4.79 Å². The van der Waals surface area contributed by atoms with Crippen molar-refractivity contribution in [2.24, 2.45) is 5.41 Å².